The molecule has 0 N–H and O–H groups in total. The predicted molar refractivity (Wildman–Crippen MR) is 167 cm³/mol. The molecule has 0 bridgehead atoms. The van der Waals surface area contributed by atoms with Gasteiger partial charge in [0.25, 0.3) is 0 Å². The summed E-state index contributed by atoms with van der Waals surface area (Å²) in [5.74, 6) is 0. The van der Waals surface area contributed by atoms with Gasteiger partial charge in [-0.1, -0.05) is 32.8 Å². The first-order chi connectivity index (χ1) is 18.1. The third kappa shape index (κ3) is 8.80. The Bertz CT molecular complexity index is 1040. The highest BCUT2D eigenvalue weighted by Crippen LogP contribution is 2.38. The SMILES string of the molecule is CCCCN(CCCC)c1ccc(-c2ccc(C=Cc3cc[n+](CCC[N+](CC)(CC)CC)cc3)s2)s1. The highest BCUT2D eigenvalue weighted by atomic mass is 32.1. The molecule has 0 aliphatic heterocycles. The maximum Gasteiger partial charge on any atom is 0.169 e. The van der Waals surface area contributed by atoms with Crippen LogP contribution < -0.4 is 9.47 Å². The number of hydrogen-bond donors (Lipinski definition) is 0. The molecule has 202 valence electrons. The standard InChI is InChI=1S/C32H49N3S2/c1-6-11-23-34(24-12-7-2)32-19-18-31(37-32)30-17-16-29(36-30)15-14-28-20-25-33(26-21-28)22-13-27-35(8-3,9-4)10-5/h14-21,25-26H,6-13,22-24,27H2,1-5H3/q+2. The van der Waals surface area contributed by atoms with Crippen molar-refractivity contribution in [3.05, 3.63) is 59.2 Å². The lowest BCUT2D eigenvalue weighted by atomic mass is 10.2. The van der Waals surface area contributed by atoms with E-state index in [1.807, 2.05) is 22.7 Å². The van der Waals surface area contributed by atoms with Crippen molar-refractivity contribution in [2.45, 2.75) is 73.3 Å². The smallest absolute Gasteiger partial charge is 0.169 e. The summed E-state index contributed by atoms with van der Waals surface area (Å²) < 4.78 is 3.56. The summed E-state index contributed by atoms with van der Waals surface area (Å²) in [4.78, 5) is 6.65. The summed E-state index contributed by atoms with van der Waals surface area (Å²) in [6.45, 7) is 19.9. The molecule has 0 saturated carbocycles. The number of quaternary nitrogens is 1. The number of pyridine rings is 1. The van der Waals surface area contributed by atoms with E-state index < -0.39 is 0 Å². The van der Waals surface area contributed by atoms with Gasteiger partial charge in [-0.25, -0.2) is 4.57 Å². The number of anilines is 1. The number of nitrogens with zero attached hydrogens (tertiary/aromatic N) is 3. The van der Waals surface area contributed by atoms with Crippen LogP contribution in [0.15, 0.2) is 48.8 Å². The first-order valence-corrected chi connectivity index (χ1v) is 16.2. The monoisotopic (exact) mass is 539 g/mol. The van der Waals surface area contributed by atoms with Gasteiger partial charge in [-0.2, -0.15) is 0 Å². The minimum absolute atomic E-state index is 1.09. The maximum atomic E-state index is 2.59. The Morgan fingerprint density at radius 3 is 1.97 bits per heavy atom. The molecule has 3 aromatic rings. The Balaban J connectivity index is 1.56. The van der Waals surface area contributed by atoms with Gasteiger partial charge < -0.3 is 9.38 Å². The topological polar surface area (TPSA) is 7.12 Å². The molecule has 3 heterocycles. The summed E-state index contributed by atoms with van der Waals surface area (Å²) >= 11 is 3.83. The van der Waals surface area contributed by atoms with Gasteiger partial charge in [0.1, 0.15) is 0 Å². The number of aromatic nitrogens is 1. The lowest BCUT2D eigenvalue weighted by Gasteiger charge is -2.35. The van der Waals surface area contributed by atoms with E-state index >= 15 is 0 Å². The highest BCUT2D eigenvalue weighted by Gasteiger charge is 2.20. The molecule has 37 heavy (non-hydrogen) atoms. The summed E-state index contributed by atoms with van der Waals surface area (Å²) in [6, 6.07) is 13.6. The van der Waals surface area contributed by atoms with Crippen molar-refractivity contribution in [1.82, 2.24) is 0 Å². The van der Waals surface area contributed by atoms with E-state index in [9.17, 15) is 0 Å². The van der Waals surface area contributed by atoms with Crippen LogP contribution in [0.25, 0.3) is 21.9 Å². The average molecular weight is 540 g/mol. The van der Waals surface area contributed by atoms with E-state index in [0.29, 0.717) is 0 Å². The second-order valence-electron chi connectivity index (χ2n) is 10.1. The van der Waals surface area contributed by atoms with Gasteiger partial charge in [0.15, 0.2) is 18.9 Å². The molecule has 0 spiro atoms. The van der Waals surface area contributed by atoms with Crippen LogP contribution in [0.1, 0.15) is 77.2 Å². The Morgan fingerprint density at radius 1 is 0.730 bits per heavy atom. The van der Waals surface area contributed by atoms with E-state index in [-0.39, 0.29) is 0 Å². The first kappa shape index (κ1) is 29.6. The fraction of sp³-hybridized carbons (Fsp3) is 0.531. The molecule has 0 aliphatic rings. The Labute approximate surface area is 234 Å². The molecule has 0 unspecified atom stereocenters. The molecule has 0 aromatic carbocycles. The second-order valence-corrected chi connectivity index (χ2v) is 12.3. The summed E-state index contributed by atoms with van der Waals surface area (Å²) in [7, 11) is 0. The van der Waals surface area contributed by atoms with Gasteiger partial charge in [0.2, 0.25) is 0 Å². The molecule has 0 aliphatic carbocycles. The van der Waals surface area contributed by atoms with E-state index in [2.05, 4.69) is 105 Å². The zero-order chi connectivity index (χ0) is 26.5. The molecule has 3 rings (SSSR count). The minimum Gasteiger partial charge on any atom is -0.363 e. The Morgan fingerprint density at radius 2 is 1.35 bits per heavy atom. The Kier molecular flexibility index (Phi) is 12.4. The van der Waals surface area contributed by atoms with E-state index in [4.69, 9.17) is 0 Å². The first-order valence-electron chi connectivity index (χ1n) is 14.5. The molecule has 0 radical (unpaired) electrons. The minimum atomic E-state index is 1.09. The number of rotatable bonds is 17. The number of thiophene rings is 2. The van der Waals surface area contributed by atoms with Crippen molar-refractivity contribution in [3.8, 4) is 9.75 Å². The quantitative estimate of drug-likeness (QED) is 0.123. The fourth-order valence-corrected chi connectivity index (χ4v) is 6.93. The zero-order valence-corrected chi connectivity index (χ0v) is 25.5. The van der Waals surface area contributed by atoms with Gasteiger partial charge in [-0.3, -0.25) is 0 Å². The molecular weight excluding hydrogens is 491 g/mol. The van der Waals surface area contributed by atoms with Gasteiger partial charge in [-0.15, -0.1) is 22.7 Å². The molecule has 3 nitrogen and oxygen atoms in total. The summed E-state index contributed by atoms with van der Waals surface area (Å²) in [5, 5.41) is 1.42. The predicted octanol–water partition coefficient (Wildman–Crippen LogP) is 8.61. The van der Waals surface area contributed by atoms with Crippen LogP contribution in [-0.4, -0.2) is 43.8 Å². The van der Waals surface area contributed by atoms with E-state index in [1.54, 1.807) is 0 Å². The van der Waals surface area contributed by atoms with Crippen LogP contribution in [-0.2, 0) is 6.54 Å². The third-order valence-electron chi connectivity index (χ3n) is 7.75. The van der Waals surface area contributed by atoms with Crippen molar-refractivity contribution in [2.75, 3.05) is 44.2 Å². The molecule has 5 heteroatoms. The van der Waals surface area contributed by atoms with Gasteiger partial charge in [0, 0.05) is 39.9 Å². The molecule has 0 amide bonds. The van der Waals surface area contributed by atoms with Gasteiger partial charge in [-0.05, 0) is 69.5 Å². The number of aryl methyl sites for hydroxylation is 1. The van der Waals surface area contributed by atoms with Crippen LogP contribution in [0.3, 0.4) is 0 Å². The number of hydrogen-bond acceptors (Lipinski definition) is 3. The van der Waals surface area contributed by atoms with Crippen LogP contribution >= 0.6 is 22.7 Å². The van der Waals surface area contributed by atoms with E-state index in [1.165, 1.54) is 101 Å². The van der Waals surface area contributed by atoms with Crippen molar-refractivity contribution < 1.29 is 9.05 Å². The molecule has 3 aromatic heterocycles. The van der Waals surface area contributed by atoms with Crippen molar-refractivity contribution in [1.29, 1.82) is 0 Å². The Hall–Kier alpha value is -1.95. The zero-order valence-electron chi connectivity index (χ0n) is 23.9. The largest absolute Gasteiger partial charge is 0.363 e. The lowest BCUT2D eigenvalue weighted by Crippen LogP contribution is -2.49. The lowest BCUT2D eigenvalue weighted by molar-refractivity contribution is -0.925. The van der Waals surface area contributed by atoms with Crippen LogP contribution in [0.4, 0.5) is 5.00 Å². The normalized spacial score (nSPS) is 12.0. The second kappa shape index (κ2) is 15.5. The third-order valence-corrected chi connectivity index (χ3v) is 10.1. The highest BCUT2D eigenvalue weighted by molar-refractivity contribution is 7.24. The van der Waals surface area contributed by atoms with Crippen molar-refractivity contribution in [2.24, 2.45) is 0 Å². The molecule has 0 saturated heterocycles. The van der Waals surface area contributed by atoms with Crippen LogP contribution in [0, 0.1) is 0 Å². The number of unbranched alkanes of at least 4 members (excludes halogenated alkanes) is 2. The molecular formula is C32H49N3S2+2. The van der Waals surface area contributed by atoms with Crippen molar-refractivity contribution >= 4 is 39.8 Å². The average Bonchev–Trinajstić information content (AvgIpc) is 3.61. The van der Waals surface area contributed by atoms with Crippen molar-refractivity contribution in [3.63, 3.8) is 0 Å². The fourth-order valence-electron chi connectivity index (χ4n) is 4.88. The van der Waals surface area contributed by atoms with E-state index in [0.717, 1.165) is 6.54 Å². The maximum absolute atomic E-state index is 2.59. The molecule has 0 atom stereocenters. The van der Waals surface area contributed by atoms with Gasteiger partial charge >= 0.3 is 0 Å². The summed E-state index contributed by atoms with van der Waals surface area (Å²) in [5.41, 5.74) is 1.26. The van der Waals surface area contributed by atoms with Crippen LogP contribution in [0.5, 0.6) is 0 Å². The summed E-state index contributed by atoms with van der Waals surface area (Å²) in [6.07, 6.45) is 15.2. The van der Waals surface area contributed by atoms with Crippen LogP contribution in [0.2, 0.25) is 0 Å². The van der Waals surface area contributed by atoms with Gasteiger partial charge in [0.05, 0.1) is 37.6 Å². The molecule has 0 fully saturated rings.